The van der Waals surface area contributed by atoms with Crippen LogP contribution in [0.25, 0.3) is 21.9 Å². The molecule has 0 bridgehead atoms. The van der Waals surface area contributed by atoms with E-state index in [9.17, 15) is 0 Å². The van der Waals surface area contributed by atoms with E-state index in [4.69, 9.17) is 0 Å². The summed E-state index contributed by atoms with van der Waals surface area (Å²) < 4.78 is 1.15. The zero-order chi connectivity index (χ0) is 13.9. The van der Waals surface area contributed by atoms with Gasteiger partial charge in [0, 0.05) is 9.89 Å². The molecule has 0 saturated heterocycles. The second kappa shape index (κ2) is 3.95. The zero-order valence-electron chi connectivity index (χ0n) is 11.6. The molecule has 98 valence electrons. The predicted molar refractivity (Wildman–Crippen MR) is 89.2 cm³/mol. The fourth-order valence-electron chi connectivity index (χ4n) is 3.41. The van der Waals surface area contributed by atoms with E-state index < -0.39 is 0 Å². The fourth-order valence-corrected chi connectivity index (χ4v) is 3.77. The summed E-state index contributed by atoms with van der Waals surface area (Å²) in [4.78, 5) is 0. The Morgan fingerprint density at radius 3 is 2.15 bits per heavy atom. The van der Waals surface area contributed by atoms with E-state index in [1.165, 1.54) is 33.0 Å². The third kappa shape index (κ3) is 1.53. The largest absolute Gasteiger partial charge is 0.0616 e. The first-order valence-corrected chi connectivity index (χ1v) is 7.70. The molecule has 0 aromatic heterocycles. The lowest BCUT2D eigenvalue weighted by Gasteiger charge is -2.21. The van der Waals surface area contributed by atoms with Gasteiger partial charge in [-0.05, 0) is 57.3 Å². The van der Waals surface area contributed by atoms with Gasteiger partial charge in [0.15, 0.2) is 0 Å². The standard InChI is InChI=1S/C19H15Br/c1-19(2)17-8-7-14(20)11-16(17)15-9-12-5-3-4-6-13(12)10-18(15)19/h3-11H,1-2H3. The maximum Gasteiger partial charge on any atom is 0.0181 e. The van der Waals surface area contributed by atoms with Crippen LogP contribution >= 0.6 is 15.9 Å². The van der Waals surface area contributed by atoms with E-state index in [0.717, 1.165) is 4.47 Å². The van der Waals surface area contributed by atoms with E-state index in [1.807, 2.05) is 0 Å². The average Bonchev–Trinajstić information content (AvgIpc) is 2.65. The van der Waals surface area contributed by atoms with Gasteiger partial charge in [-0.1, -0.05) is 60.1 Å². The smallest absolute Gasteiger partial charge is 0.0181 e. The van der Waals surface area contributed by atoms with Crippen molar-refractivity contribution in [1.82, 2.24) is 0 Å². The summed E-state index contributed by atoms with van der Waals surface area (Å²) in [5, 5.41) is 2.64. The van der Waals surface area contributed by atoms with Gasteiger partial charge in [-0.25, -0.2) is 0 Å². The Morgan fingerprint density at radius 1 is 0.750 bits per heavy atom. The molecule has 1 heteroatoms. The maximum atomic E-state index is 3.60. The summed E-state index contributed by atoms with van der Waals surface area (Å²) in [6, 6.07) is 20.0. The minimum absolute atomic E-state index is 0.0788. The Labute approximate surface area is 127 Å². The van der Waals surface area contributed by atoms with Gasteiger partial charge < -0.3 is 0 Å². The molecule has 1 aliphatic rings. The van der Waals surface area contributed by atoms with Gasteiger partial charge in [-0.15, -0.1) is 0 Å². The third-order valence-corrected chi connectivity index (χ3v) is 5.00. The Hall–Kier alpha value is -1.60. The third-order valence-electron chi connectivity index (χ3n) is 4.50. The molecule has 0 amide bonds. The summed E-state index contributed by atoms with van der Waals surface area (Å²) >= 11 is 3.60. The summed E-state index contributed by atoms with van der Waals surface area (Å²) in [5.74, 6) is 0. The summed E-state index contributed by atoms with van der Waals surface area (Å²) in [5.41, 5.74) is 5.68. The molecule has 0 nitrogen and oxygen atoms in total. The molecule has 0 atom stereocenters. The van der Waals surface area contributed by atoms with Crippen LogP contribution in [0.1, 0.15) is 25.0 Å². The lowest BCUT2D eigenvalue weighted by molar-refractivity contribution is 0.661. The van der Waals surface area contributed by atoms with E-state index in [0.29, 0.717) is 0 Å². The highest BCUT2D eigenvalue weighted by molar-refractivity contribution is 9.10. The molecule has 0 unspecified atom stereocenters. The van der Waals surface area contributed by atoms with Crippen LogP contribution in [0.3, 0.4) is 0 Å². The van der Waals surface area contributed by atoms with Crippen LogP contribution in [0.2, 0.25) is 0 Å². The first-order valence-electron chi connectivity index (χ1n) is 6.91. The Bertz CT molecular complexity index is 844. The van der Waals surface area contributed by atoms with Crippen molar-refractivity contribution in [3.8, 4) is 11.1 Å². The van der Waals surface area contributed by atoms with Crippen LogP contribution in [0, 0.1) is 0 Å². The quantitative estimate of drug-likeness (QED) is 0.482. The van der Waals surface area contributed by atoms with Crippen LogP contribution in [0.15, 0.2) is 59.1 Å². The number of rotatable bonds is 0. The van der Waals surface area contributed by atoms with Crippen molar-refractivity contribution in [2.24, 2.45) is 0 Å². The molecule has 1 aliphatic carbocycles. The minimum Gasteiger partial charge on any atom is -0.0616 e. The van der Waals surface area contributed by atoms with Gasteiger partial charge in [0.25, 0.3) is 0 Å². The van der Waals surface area contributed by atoms with Crippen LogP contribution in [0.4, 0.5) is 0 Å². The van der Waals surface area contributed by atoms with Crippen molar-refractivity contribution < 1.29 is 0 Å². The first kappa shape index (κ1) is 12.2. The lowest BCUT2D eigenvalue weighted by Crippen LogP contribution is -2.14. The summed E-state index contributed by atoms with van der Waals surface area (Å²) in [7, 11) is 0. The zero-order valence-corrected chi connectivity index (χ0v) is 13.2. The normalized spacial score (nSPS) is 15.2. The second-order valence-electron chi connectivity index (χ2n) is 6.06. The van der Waals surface area contributed by atoms with E-state index in [1.54, 1.807) is 0 Å². The van der Waals surface area contributed by atoms with Crippen molar-refractivity contribution in [3.63, 3.8) is 0 Å². The van der Waals surface area contributed by atoms with E-state index in [-0.39, 0.29) is 5.41 Å². The van der Waals surface area contributed by atoms with Gasteiger partial charge in [-0.3, -0.25) is 0 Å². The summed E-state index contributed by atoms with van der Waals surface area (Å²) in [6.07, 6.45) is 0. The molecule has 3 aromatic rings. The van der Waals surface area contributed by atoms with Crippen molar-refractivity contribution in [3.05, 3.63) is 70.2 Å². The number of fused-ring (bicyclic) bond motifs is 4. The van der Waals surface area contributed by atoms with Gasteiger partial charge in [0.2, 0.25) is 0 Å². The predicted octanol–water partition coefficient (Wildman–Crippen LogP) is 5.91. The SMILES string of the molecule is CC1(C)c2ccc(Br)cc2-c2cc3ccccc3cc21. The fraction of sp³-hybridized carbons (Fsp3) is 0.158. The molecule has 0 radical (unpaired) electrons. The van der Waals surface area contributed by atoms with Crippen LogP contribution in [0.5, 0.6) is 0 Å². The number of benzene rings is 3. The van der Waals surface area contributed by atoms with Gasteiger partial charge >= 0.3 is 0 Å². The highest BCUT2D eigenvalue weighted by atomic mass is 79.9. The summed E-state index contributed by atoms with van der Waals surface area (Å²) in [6.45, 7) is 4.64. The van der Waals surface area contributed by atoms with Crippen LogP contribution in [-0.2, 0) is 5.41 Å². The number of halogens is 1. The van der Waals surface area contributed by atoms with E-state index >= 15 is 0 Å². The molecule has 20 heavy (non-hydrogen) atoms. The van der Waals surface area contributed by atoms with Crippen molar-refractivity contribution in [1.29, 1.82) is 0 Å². The van der Waals surface area contributed by atoms with E-state index in [2.05, 4.69) is 84.4 Å². The molecular formula is C19H15Br. The molecule has 0 aliphatic heterocycles. The molecule has 3 aromatic carbocycles. The van der Waals surface area contributed by atoms with Crippen LogP contribution < -0.4 is 0 Å². The molecule has 0 saturated carbocycles. The molecular weight excluding hydrogens is 308 g/mol. The monoisotopic (exact) mass is 322 g/mol. The average molecular weight is 323 g/mol. The van der Waals surface area contributed by atoms with Gasteiger partial charge in [0.05, 0.1) is 0 Å². The molecule has 0 N–H and O–H groups in total. The molecule has 0 fully saturated rings. The Balaban J connectivity index is 2.13. The van der Waals surface area contributed by atoms with Crippen molar-refractivity contribution in [2.45, 2.75) is 19.3 Å². The van der Waals surface area contributed by atoms with Crippen LogP contribution in [-0.4, -0.2) is 0 Å². The second-order valence-corrected chi connectivity index (χ2v) is 6.98. The maximum absolute atomic E-state index is 3.60. The lowest BCUT2D eigenvalue weighted by atomic mass is 9.82. The van der Waals surface area contributed by atoms with Gasteiger partial charge in [0.1, 0.15) is 0 Å². The molecule has 4 rings (SSSR count). The Morgan fingerprint density at radius 2 is 1.40 bits per heavy atom. The highest BCUT2D eigenvalue weighted by Crippen LogP contribution is 2.50. The molecule has 0 spiro atoms. The first-order chi connectivity index (χ1) is 9.57. The minimum atomic E-state index is 0.0788. The molecule has 0 heterocycles. The number of hydrogen-bond acceptors (Lipinski definition) is 0. The Kier molecular flexibility index (Phi) is 2.41. The highest BCUT2D eigenvalue weighted by Gasteiger charge is 2.35. The number of hydrogen-bond donors (Lipinski definition) is 0. The van der Waals surface area contributed by atoms with Crippen molar-refractivity contribution >= 4 is 26.7 Å². The van der Waals surface area contributed by atoms with Gasteiger partial charge in [-0.2, -0.15) is 0 Å². The van der Waals surface area contributed by atoms with Crippen molar-refractivity contribution in [2.75, 3.05) is 0 Å². The topological polar surface area (TPSA) is 0 Å².